The van der Waals surface area contributed by atoms with Gasteiger partial charge in [-0.15, -0.1) is 0 Å². The third-order valence-electron chi connectivity index (χ3n) is 12.0. The summed E-state index contributed by atoms with van der Waals surface area (Å²) in [7, 11) is 0. The summed E-state index contributed by atoms with van der Waals surface area (Å²) in [5.41, 5.74) is -2.86. The smallest absolute Gasteiger partial charge is 0.331 e. The Bertz CT molecular complexity index is 1050. The normalized spacial score (nSPS) is 55.2. The average molecular weight is 551 g/mol. The van der Waals surface area contributed by atoms with Crippen LogP contribution in [0.1, 0.15) is 71.6 Å². The minimum atomic E-state index is -1.43. The number of ether oxygens (including phenoxy) is 3. The molecule has 5 fully saturated rings. The molecule has 2 aliphatic heterocycles. The number of hydrogen-bond donors (Lipinski definition) is 5. The molecule has 0 radical (unpaired) electrons. The van der Waals surface area contributed by atoms with Crippen molar-refractivity contribution in [2.45, 2.75) is 120 Å². The first-order chi connectivity index (χ1) is 18.4. The second-order valence-corrected chi connectivity index (χ2v) is 13.4. The van der Waals surface area contributed by atoms with E-state index in [4.69, 9.17) is 14.2 Å². The lowest BCUT2D eigenvalue weighted by molar-refractivity contribution is -0.317. The fraction of sp³-hybridized carbons (Fsp3) is 0.862. The molecule has 39 heavy (non-hydrogen) atoms. The molecule has 6 rings (SSSR count). The summed E-state index contributed by atoms with van der Waals surface area (Å²) in [5.74, 6) is -0.616. The molecule has 0 bridgehead atoms. The Morgan fingerprint density at radius 2 is 1.72 bits per heavy atom. The number of aliphatic hydroxyl groups is 5. The lowest BCUT2D eigenvalue weighted by Gasteiger charge is -2.65. The number of rotatable bonds is 4. The number of carbonyl (C=O) groups is 2. The van der Waals surface area contributed by atoms with Crippen LogP contribution in [0.15, 0.2) is 11.6 Å². The first kappa shape index (κ1) is 27.8. The number of aldehydes is 1. The fourth-order valence-corrected chi connectivity index (χ4v) is 9.75. The molecule has 0 aromatic carbocycles. The van der Waals surface area contributed by atoms with Crippen LogP contribution in [0.3, 0.4) is 0 Å². The molecule has 218 valence electrons. The molecule has 7 unspecified atom stereocenters. The van der Waals surface area contributed by atoms with E-state index in [1.807, 2.05) is 0 Å². The van der Waals surface area contributed by atoms with Crippen LogP contribution in [0.25, 0.3) is 0 Å². The van der Waals surface area contributed by atoms with Crippen LogP contribution in [0.4, 0.5) is 0 Å². The van der Waals surface area contributed by atoms with Gasteiger partial charge in [0.05, 0.1) is 28.8 Å². The van der Waals surface area contributed by atoms with E-state index < -0.39 is 58.8 Å². The standard InChI is InChI=1S/C29H42O10/c1-15-22(32)23(33)24(34)25(38-15)39-17-3-8-27(14-30)19-4-7-26(2)18(16-11-21(31)37-13-16)6-10-29(26,36)20(19)5-9-28(27,35)12-17/h11,14-15,17-20,22-25,32-36H,3-10,12-13H2,1-2H3/t15?,17?,18?,19?,20?,22-,23?,24?,25+,26-,27+,28-,29-/m1/s1. The predicted molar refractivity (Wildman–Crippen MR) is 135 cm³/mol. The van der Waals surface area contributed by atoms with E-state index in [2.05, 4.69) is 6.92 Å². The molecule has 5 N–H and O–H groups in total. The molecule has 0 aromatic heterocycles. The van der Waals surface area contributed by atoms with Crippen molar-refractivity contribution >= 4 is 12.3 Å². The molecule has 4 aliphatic carbocycles. The Kier molecular flexibility index (Phi) is 6.62. The van der Waals surface area contributed by atoms with E-state index in [1.165, 1.54) is 0 Å². The highest BCUT2D eigenvalue weighted by molar-refractivity contribution is 5.85. The number of carbonyl (C=O) groups excluding carboxylic acids is 2. The quantitative estimate of drug-likeness (QED) is 0.192. The zero-order chi connectivity index (χ0) is 28.0. The van der Waals surface area contributed by atoms with Crippen LogP contribution in [-0.2, 0) is 23.8 Å². The predicted octanol–water partition coefficient (Wildman–Crippen LogP) is 0.750. The lowest BCUT2D eigenvalue weighted by Crippen LogP contribution is -2.69. The largest absolute Gasteiger partial charge is 0.458 e. The average Bonchev–Trinajstić information content (AvgIpc) is 3.45. The number of cyclic esters (lactones) is 1. The van der Waals surface area contributed by atoms with E-state index in [0.29, 0.717) is 44.9 Å². The summed E-state index contributed by atoms with van der Waals surface area (Å²) in [6, 6.07) is 0. The molecule has 4 saturated carbocycles. The minimum Gasteiger partial charge on any atom is -0.458 e. The summed E-state index contributed by atoms with van der Waals surface area (Å²) in [6.45, 7) is 3.98. The highest BCUT2D eigenvalue weighted by Gasteiger charge is 2.71. The lowest BCUT2D eigenvalue weighted by atomic mass is 9.41. The number of hydrogen-bond acceptors (Lipinski definition) is 10. The molecule has 0 amide bonds. The van der Waals surface area contributed by atoms with Gasteiger partial charge < -0.3 is 44.5 Å². The van der Waals surface area contributed by atoms with Crippen molar-refractivity contribution in [1.29, 1.82) is 0 Å². The summed E-state index contributed by atoms with van der Waals surface area (Å²) in [5, 5.41) is 55.0. The van der Waals surface area contributed by atoms with E-state index in [-0.39, 0.29) is 36.8 Å². The van der Waals surface area contributed by atoms with Crippen molar-refractivity contribution in [2.75, 3.05) is 6.61 Å². The van der Waals surface area contributed by atoms with Gasteiger partial charge >= 0.3 is 5.97 Å². The van der Waals surface area contributed by atoms with Crippen LogP contribution in [0, 0.1) is 28.6 Å². The van der Waals surface area contributed by atoms with E-state index >= 15 is 0 Å². The van der Waals surface area contributed by atoms with Crippen LogP contribution >= 0.6 is 0 Å². The number of aliphatic hydroxyl groups excluding tert-OH is 3. The maximum Gasteiger partial charge on any atom is 0.331 e. The molecular weight excluding hydrogens is 508 g/mol. The number of fused-ring (bicyclic) bond motifs is 5. The maximum absolute atomic E-state index is 13.0. The van der Waals surface area contributed by atoms with E-state index in [0.717, 1.165) is 18.3 Å². The summed E-state index contributed by atoms with van der Waals surface area (Å²) in [4.78, 5) is 24.8. The molecule has 0 aromatic rings. The molecular formula is C29H42O10. The van der Waals surface area contributed by atoms with Crippen LogP contribution < -0.4 is 0 Å². The Morgan fingerprint density at radius 1 is 0.974 bits per heavy atom. The van der Waals surface area contributed by atoms with Crippen LogP contribution in [0.5, 0.6) is 0 Å². The van der Waals surface area contributed by atoms with E-state index in [9.17, 15) is 35.1 Å². The Balaban J connectivity index is 1.22. The minimum absolute atomic E-state index is 0.0465. The molecule has 10 nitrogen and oxygen atoms in total. The first-order valence-corrected chi connectivity index (χ1v) is 14.5. The zero-order valence-electron chi connectivity index (χ0n) is 22.7. The Morgan fingerprint density at radius 3 is 2.41 bits per heavy atom. The van der Waals surface area contributed by atoms with Gasteiger partial charge in [0, 0.05) is 17.9 Å². The van der Waals surface area contributed by atoms with Gasteiger partial charge in [-0.05, 0) is 81.6 Å². The maximum atomic E-state index is 13.0. The van der Waals surface area contributed by atoms with Gasteiger partial charge in [0.1, 0.15) is 31.2 Å². The third-order valence-corrected chi connectivity index (χ3v) is 12.0. The molecule has 6 aliphatic rings. The van der Waals surface area contributed by atoms with Gasteiger partial charge in [-0.1, -0.05) is 6.92 Å². The second-order valence-electron chi connectivity index (χ2n) is 13.4. The van der Waals surface area contributed by atoms with Crippen molar-refractivity contribution in [3.63, 3.8) is 0 Å². The molecule has 13 atom stereocenters. The summed E-state index contributed by atoms with van der Waals surface area (Å²) in [6.07, 6.45) is 0.689. The van der Waals surface area contributed by atoms with Crippen molar-refractivity contribution < 1.29 is 49.3 Å². The van der Waals surface area contributed by atoms with Gasteiger partial charge in [-0.25, -0.2) is 4.79 Å². The van der Waals surface area contributed by atoms with Crippen LogP contribution in [0.2, 0.25) is 0 Å². The summed E-state index contributed by atoms with van der Waals surface area (Å²) < 4.78 is 16.9. The van der Waals surface area contributed by atoms with Gasteiger partial charge in [0.15, 0.2) is 6.29 Å². The molecule has 2 heterocycles. The SMILES string of the molecule is CC1O[C@@H](OC2CC[C@]3(C=O)C4CC[C@]5(C)C(C6=CC(=O)OC6)CC[C@@]5(O)C4CC[C@@]3(O)C2)C(O)C(O)[C@@H]1O. The monoisotopic (exact) mass is 550 g/mol. The van der Waals surface area contributed by atoms with Gasteiger partial charge in [-0.2, -0.15) is 0 Å². The van der Waals surface area contributed by atoms with Crippen molar-refractivity contribution in [1.82, 2.24) is 0 Å². The Labute approximate surface area is 228 Å². The van der Waals surface area contributed by atoms with Crippen molar-refractivity contribution in [3.8, 4) is 0 Å². The van der Waals surface area contributed by atoms with Gasteiger partial charge in [0.25, 0.3) is 0 Å². The molecule has 1 saturated heterocycles. The highest BCUT2D eigenvalue weighted by atomic mass is 16.7. The Hall–Kier alpha value is -1.40. The zero-order valence-corrected chi connectivity index (χ0v) is 22.7. The topological polar surface area (TPSA) is 163 Å². The van der Waals surface area contributed by atoms with Crippen molar-refractivity contribution in [2.24, 2.45) is 28.6 Å². The summed E-state index contributed by atoms with van der Waals surface area (Å²) >= 11 is 0. The van der Waals surface area contributed by atoms with Gasteiger partial charge in [-0.3, -0.25) is 0 Å². The highest BCUT2D eigenvalue weighted by Crippen LogP contribution is 2.70. The van der Waals surface area contributed by atoms with Gasteiger partial charge in [0.2, 0.25) is 0 Å². The number of esters is 1. The first-order valence-electron chi connectivity index (χ1n) is 14.5. The fourth-order valence-electron chi connectivity index (χ4n) is 9.75. The molecule has 0 spiro atoms. The van der Waals surface area contributed by atoms with E-state index in [1.54, 1.807) is 13.0 Å². The van der Waals surface area contributed by atoms with Crippen LogP contribution in [-0.4, -0.2) is 92.4 Å². The molecule has 10 heteroatoms. The van der Waals surface area contributed by atoms with Crippen molar-refractivity contribution in [3.05, 3.63) is 11.6 Å². The third kappa shape index (κ3) is 3.78. The second kappa shape index (κ2) is 9.31.